The summed E-state index contributed by atoms with van der Waals surface area (Å²) in [6, 6.07) is 11.6. The summed E-state index contributed by atoms with van der Waals surface area (Å²) in [5.74, 6) is -0.386. The molecule has 10 nitrogen and oxygen atoms in total. The predicted molar refractivity (Wildman–Crippen MR) is 134 cm³/mol. The highest BCUT2D eigenvalue weighted by Crippen LogP contribution is 2.27. The number of ether oxygens (including phenoxy) is 1. The minimum Gasteiger partial charge on any atom is -0.385 e. The molecule has 4 N–H and O–H groups in total. The third kappa shape index (κ3) is 6.73. The zero-order chi connectivity index (χ0) is 25.3. The fraction of sp³-hybridized carbons (Fsp3) is 0.520. The van der Waals surface area contributed by atoms with Crippen molar-refractivity contribution in [1.29, 1.82) is 5.26 Å². The Labute approximate surface area is 204 Å². The van der Waals surface area contributed by atoms with E-state index in [1.807, 2.05) is 30.3 Å². The molecular weight excluding hydrogens is 448 g/mol. The smallest absolute Gasteiger partial charge is 0.330 e. The van der Waals surface area contributed by atoms with Crippen molar-refractivity contribution in [3.63, 3.8) is 0 Å². The van der Waals surface area contributed by atoms with Crippen LogP contribution in [0, 0.1) is 11.3 Å². The van der Waals surface area contributed by atoms with Crippen LogP contribution in [-0.2, 0) is 16.1 Å². The Kier molecular flexibility index (Phi) is 9.09. The summed E-state index contributed by atoms with van der Waals surface area (Å²) in [6.45, 7) is 0.717. The fourth-order valence-corrected chi connectivity index (χ4v) is 4.55. The van der Waals surface area contributed by atoms with Crippen molar-refractivity contribution in [2.75, 3.05) is 37.4 Å². The van der Waals surface area contributed by atoms with E-state index < -0.39 is 16.8 Å². The summed E-state index contributed by atoms with van der Waals surface area (Å²) in [5.41, 5.74) is 5.06. The Balaban J connectivity index is 1.90. The molecule has 1 fully saturated rings. The number of hydrogen-bond acceptors (Lipinski definition) is 7. The molecule has 1 saturated carbocycles. The first kappa shape index (κ1) is 26.0. The van der Waals surface area contributed by atoms with Gasteiger partial charge >= 0.3 is 5.69 Å². The molecule has 0 radical (unpaired) electrons. The molecule has 10 heteroatoms. The van der Waals surface area contributed by atoms with E-state index in [1.165, 1.54) is 4.57 Å². The number of methoxy groups -OCH3 is 1. The van der Waals surface area contributed by atoms with E-state index in [0.717, 1.165) is 31.2 Å². The maximum atomic E-state index is 13.1. The molecule has 1 aliphatic rings. The number of carbonyl (C=O) groups excluding carboxylic acids is 1. The zero-order valence-electron chi connectivity index (χ0n) is 20.2. The highest BCUT2D eigenvalue weighted by Gasteiger charge is 2.33. The van der Waals surface area contributed by atoms with Gasteiger partial charge in [0.25, 0.3) is 5.56 Å². The highest BCUT2D eigenvalue weighted by molar-refractivity contribution is 5.83. The van der Waals surface area contributed by atoms with Crippen LogP contribution in [0.5, 0.6) is 0 Å². The highest BCUT2D eigenvalue weighted by atomic mass is 16.5. The second-order valence-corrected chi connectivity index (χ2v) is 8.99. The van der Waals surface area contributed by atoms with Crippen LogP contribution in [0.3, 0.4) is 0 Å². The minimum atomic E-state index is -0.907. The third-order valence-electron chi connectivity index (χ3n) is 6.37. The van der Waals surface area contributed by atoms with Gasteiger partial charge in [-0.1, -0.05) is 56.0 Å². The monoisotopic (exact) mass is 482 g/mol. The Bertz CT molecular complexity index is 1140. The number of nitrogens with zero attached hydrogens (tertiary/aromatic N) is 3. The van der Waals surface area contributed by atoms with Crippen LogP contribution in [0.15, 0.2) is 39.9 Å². The first-order valence-electron chi connectivity index (χ1n) is 12.0. The first-order valence-corrected chi connectivity index (χ1v) is 12.0. The molecule has 2 aromatic rings. The number of aromatic nitrogens is 2. The molecule has 1 aromatic carbocycles. The van der Waals surface area contributed by atoms with Gasteiger partial charge in [0.05, 0.1) is 19.2 Å². The average molecular weight is 483 g/mol. The van der Waals surface area contributed by atoms with Crippen molar-refractivity contribution in [1.82, 2.24) is 14.9 Å². The van der Waals surface area contributed by atoms with Crippen LogP contribution in [-0.4, -0.2) is 47.8 Å². The number of carbonyl (C=O) groups is 1. The Morgan fingerprint density at radius 3 is 2.54 bits per heavy atom. The lowest BCUT2D eigenvalue weighted by atomic mass is 9.92. The molecule has 1 aromatic heterocycles. The molecule has 0 aliphatic heterocycles. The average Bonchev–Trinajstić information content (AvgIpc) is 3.08. The van der Waals surface area contributed by atoms with Crippen molar-refractivity contribution in [2.45, 2.75) is 57.0 Å². The summed E-state index contributed by atoms with van der Waals surface area (Å²) in [5, 5.41) is 12.8. The normalized spacial score (nSPS) is 15.1. The van der Waals surface area contributed by atoms with Crippen LogP contribution in [0.4, 0.5) is 11.5 Å². The number of benzene rings is 1. The molecule has 1 heterocycles. The molecule has 0 unspecified atom stereocenters. The quantitative estimate of drug-likeness (QED) is 0.345. The number of H-pyrrole nitrogens is 1. The van der Waals surface area contributed by atoms with Crippen LogP contribution >= 0.6 is 0 Å². The second-order valence-electron chi connectivity index (χ2n) is 8.99. The van der Waals surface area contributed by atoms with Crippen molar-refractivity contribution < 1.29 is 9.53 Å². The molecule has 188 valence electrons. The molecule has 35 heavy (non-hydrogen) atoms. The lowest BCUT2D eigenvalue weighted by molar-refractivity contribution is -0.121. The number of anilines is 2. The number of nitrogen functional groups attached to an aromatic ring is 1. The molecule has 0 saturated heterocycles. The van der Waals surface area contributed by atoms with Gasteiger partial charge in [-0.2, -0.15) is 5.26 Å². The lowest BCUT2D eigenvalue weighted by Gasteiger charge is -2.30. The Morgan fingerprint density at radius 2 is 1.91 bits per heavy atom. The number of nitrogens with one attached hydrogen (secondary N) is 2. The van der Waals surface area contributed by atoms with Gasteiger partial charge < -0.3 is 20.7 Å². The van der Waals surface area contributed by atoms with Gasteiger partial charge in [0, 0.05) is 20.3 Å². The lowest BCUT2D eigenvalue weighted by Crippen LogP contribution is -2.51. The molecule has 0 bridgehead atoms. The van der Waals surface area contributed by atoms with Gasteiger partial charge in [0.1, 0.15) is 17.0 Å². The number of rotatable bonds is 10. The van der Waals surface area contributed by atoms with Crippen molar-refractivity contribution in [3.05, 3.63) is 56.7 Å². The van der Waals surface area contributed by atoms with Crippen molar-refractivity contribution >= 4 is 17.4 Å². The minimum absolute atomic E-state index is 0.0164. The van der Waals surface area contributed by atoms with E-state index >= 15 is 0 Å². The summed E-state index contributed by atoms with van der Waals surface area (Å²) < 4.78 is 6.43. The molecule has 1 aliphatic carbocycles. The summed E-state index contributed by atoms with van der Waals surface area (Å²) in [4.78, 5) is 42.5. The number of nitriles is 1. The van der Waals surface area contributed by atoms with E-state index in [-0.39, 0.29) is 30.5 Å². The van der Waals surface area contributed by atoms with Crippen LogP contribution in [0.1, 0.15) is 50.5 Å². The third-order valence-corrected chi connectivity index (χ3v) is 6.37. The number of hydrogen-bond donors (Lipinski definition) is 3. The summed E-state index contributed by atoms with van der Waals surface area (Å²) >= 11 is 0. The first-order chi connectivity index (χ1) is 16.9. The van der Waals surface area contributed by atoms with Gasteiger partial charge in [-0.05, 0) is 24.8 Å². The zero-order valence-corrected chi connectivity index (χ0v) is 20.2. The van der Waals surface area contributed by atoms with Gasteiger partial charge in [0.15, 0.2) is 0 Å². The maximum Gasteiger partial charge on any atom is 0.330 e. The van der Waals surface area contributed by atoms with E-state index in [0.29, 0.717) is 32.4 Å². The summed E-state index contributed by atoms with van der Waals surface area (Å²) in [6.07, 6.45) is 5.57. The van der Waals surface area contributed by atoms with E-state index in [1.54, 1.807) is 12.0 Å². The Morgan fingerprint density at radius 1 is 1.23 bits per heavy atom. The van der Waals surface area contributed by atoms with Crippen LogP contribution in [0.25, 0.3) is 0 Å². The Hall–Kier alpha value is -3.58. The fourth-order valence-electron chi connectivity index (χ4n) is 4.55. The predicted octanol–water partition coefficient (Wildman–Crippen LogP) is 1.74. The van der Waals surface area contributed by atoms with Gasteiger partial charge in [0.2, 0.25) is 5.91 Å². The second kappa shape index (κ2) is 12.2. The molecule has 0 atom stereocenters. The van der Waals surface area contributed by atoms with Crippen molar-refractivity contribution in [3.8, 4) is 6.07 Å². The summed E-state index contributed by atoms with van der Waals surface area (Å²) in [7, 11) is 1.57. The number of aromatic amines is 1. The van der Waals surface area contributed by atoms with Crippen LogP contribution in [0.2, 0.25) is 0 Å². The molecule has 1 amide bonds. The largest absolute Gasteiger partial charge is 0.385 e. The van der Waals surface area contributed by atoms with E-state index in [2.05, 4.69) is 16.4 Å². The molecule has 0 spiro atoms. The van der Waals surface area contributed by atoms with E-state index in [4.69, 9.17) is 10.5 Å². The maximum absolute atomic E-state index is 13.1. The van der Waals surface area contributed by atoms with Gasteiger partial charge in [-0.25, -0.2) is 4.79 Å². The van der Waals surface area contributed by atoms with Gasteiger partial charge in [-0.3, -0.25) is 19.1 Å². The molecule has 3 rings (SSSR count). The molecular formula is C25H34N6O4. The standard InChI is InChI=1S/C25H34N6O4/c1-35-15-9-14-30(17-20(32)29-25(18-26)12-7-2-3-8-13-25)21-22(27)31(24(34)28-23(21)33)16-19-10-5-4-6-11-19/h4-6,10-11H,2-3,7-9,12-17,27H2,1H3,(H,29,32)(H,28,33,34). The van der Waals surface area contributed by atoms with Gasteiger partial charge in [-0.15, -0.1) is 0 Å². The van der Waals surface area contributed by atoms with E-state index in [9.17, 15) is 19.6 Å². The topological polar surface area (TPSA) is 146 Å². The SMILES string of the molecule is COCCCN(CC(=O)NC1(C#N)CCCCCC1)c1c(N)n(Cc2ccccc2)c(=O)[nH]c1=O. The van der Waals surface area contributed by atoms with Crippen molar-refractivity contribution in [2.24, 2.45) is 0 Å². The number of amides is 1. The van der Waals surface area contributed by atoms with Crippen LogP contribution < -0.4 is 27.2 Å². The number of nitrogens with two attached hydrogens (primary N) is 1.